The van der Waals surface area contributed by atoms with Crippen molar-refractivity contribution in [2.75, 3.05) is 24.1 Å². The van der Waals surface area contributed by atoms with E-state index in [-0.39, 0.29) is 0 Å². The molecule has 4 heterocycles. The van der Waals surface area contributed by atoms with Crippen LogP contribution in [0.3, 0.4) is 0 Å². The minimum absolute atomic E-state index is 0.314. The smallest absolute Gasteiger partial charge is 0.231 e. The van der Waals surface area contributed by atoms with Gasteiger partial charge in [-0.1, -0.05) is 11.6 Å². The molecular formula is C16H21ClN8. The molecule has 132 valence electrons. The first kappa shape index (κ1) is 16.2. The van der Waals surface area contributed by atoms with Crippen LogP contribution < -0.4 is 16.4 Å². The molecule has 3 aromatic heterocycles. The third kappa shape index (κ3) is 3.03. The van der Waals surface area contributed by atoms with E-state index in [2.05, 4.69) is 30.3 Å². The standard InChI is InChI=1S/C16H21ClN8/c1-2-24-8-10(6-20-24)21-16-22-14(18)13-12(17)9-25(15(13)23-16)11-4-3-5-19-7-11/h6,8-9,11,19H,2-5,7H2,1H3,(H3,18,21,22,23)/t11-/m1/s1. The van der Waals surface area contributed by atoms with Crippen LogP contribution in [0.1, 0.15) is 25.8 Å². The topological polar surface area (TPSA) is 98.6 Å². The fraction of sp³-hybridized carbons (Fsp3) is 0.438. The summed E-state index contributed by atoms with van der Waals surface area (Å²) in [4.78, 5) is 9.03. The lowest BCUT2D eigenvalue weighted by molar-refractivity contribution is 0.378. The minimum Gasteiger partial charge on any atom is -0.383 e. The molecular weight excluding hydrogens is 340 g/mol. The van der Waals surface area contributed by atoms with Crippen LogP contribution in [-0.4, -0.2) is 37.4 Å². The highest BCUT2D eigenvalue weighted by Gasteiger charge is 2.21. The Hall–Kier alpha value is -2.32. The largest absolute Gasteiger partial charge is 0.383 e. The first-order chi connectivity index (χ1) is 12.2. The molecule has 1 aliphatic rings. The lowest BCUT2D eigenvalue weighted by atomic mass is 10.1. The minimum atomic E-state index is 0.314. The van der Waals surface area contributed by atoms with Crippen molar-refractivity contribution in [3.05, 3.63) is 23.6 Å². The van der Waals surface area contributed by atoms with Crippen molar-refractivity contribution in [2.45, 2.75) is 32.4 Å². The van der Waals surface area contributed by atoms with Gasteiger partial charge in [-0.2, -0.15) is 15.1 Å². The Morgan fingerprint density at radius 3 is 3.00 bits per heavy atom. The summed E-state index contributed by atoms with van der Waals surface area (Å²) >= 11 is 6.40. The Morgan fingerprint density at radius 2 is 2.28 bits per heavy atom. The van der Waals surface area contributed by atoms with E-state index in [1.165, 1.54) is 0 Å². The van der Waals surface area contributed by atoms with Gasteiger partial charge in [0.2, 0.25) is 5.95 Å². The molecule has 0 aliphatic carbocycles. The van der Waals surface area contributed by atoms with Gasteiger partial charge in [0.1, 0.15) is 11.5 Å². The number of fused-ring (bicyclic) bond motifs is 1. The summed E-state index contributed by atoms with van der Waals surface area (Å²) in [5, 5.41) is 12.1. The average molecular weight is 361 g/mol. The number of nitrogens with one attached hydrogen (secondary N) is 2. The van der Waals surface area contributed by atoms with Gasteiger partial charge >= 0.3 is 0 Å². The third-order valence-electron chi connectivity index (χ3n) is 4.53. The normalized spacial score (nSPS) is 17.9. The molecule has 3 aromatic rings. The molecule has 8 nitrogen and oxygen atoms in total. The number of aromatic nitrogens is 5. The molecule has 0 spiro atoms. The first-order valence-electron chi connectivity index (χ1n) is 8.49. The summed E-state index contributed by atoms with van der Waals surface area (Å²) < 4.78 is 3.94. The highest BCUT2D eigenvalue weighted by Crippen LogP contribution is 2.33. The molecule has 1 aliphatic heterocycles. The van der Waals surface area contributed by atoms with Crippen molar-refractivity contribution in [3.8, 4) is 0 Å². The molecule has 0 aromatic carbocycles. The van der Waals surface area contributed by atoms with Crippen molar-refractivity contribution in [1.82, 2.24) is 29.6 Å². The number of aryl methyl sites for hydroxylation is 1. The molecule has 0 saturated carbocycles. The summed E-state index contributed by atoms with van der Waals surface area (Å²) in [6.45, 7) is 4.78. The Labute approximate surface area is 150 Å². The molecule has 0 radical (unpaired) electrons. The summed E-state index contributed by atoms with van der Waals surface area (Å²) in [5.41, 5.74) is 7.74. The molecule has 1 saturated heterocycles. The second kappa shape index (κ2) is 6.53. The first-order valence-corrected chi connectivity index (χ1v) is 8.87. The van der Waals surface area contributed by atoms with Crippen LogP contribution in [0.15, 0.2) is 18.6 Å². The van der Waals surface area contributed by atoms with Crippen LogP contribution in [0, 0.1) is 0 Å². The Morgan fingerprint density at radius 1 is 1.40 bits per heavy atom. The van der Waals surface area contributed by atoms with Crippen LogP contribution in [0.5, 0.6) is 0 Å². The van der Waals surface area contributed by atoms with Gasteiger partial charge in [0.05, 0.1) is 22.3 Å². The fourth-order valence-corrected chi connectivity index (χ4v) is 3.55. The molecule has 1 atom stereocenters. The number of halogens is 1. The van der Waals surface area contributed by atoms with E-state index in [0.717, 1.165) is 43.8 Å². The van der Waals surface area contributed by atoms with Gasteiger partial charge in [-0.25, -0.2) is 0 Å². The van der Waals surface area contributed by atoms with Crippen molar-refractivity contribution < 1.29 is 0 Å². The SMILES string of the molecule is CCn1cc(Nc2nc(N)c3c(Cl)cn([C@@H]4CCCNC4)c3n2)cn1. The van der Waals surface area contributed by atoms with Crippen molar-refractivity contribution >= 4 is 40.1 Å². The number of hydrogen-bond donors (Lipinski definition) is 3. The number of nitrogen functional groups attached to an aromatic ring is 1. The number of nitrogens with two attached hydrogens (primary N) is 1. The Bertz CT molecular complexity index is 893. The maximum atomic E-state index is 6.40. The van der Waals surface area contributed by atoms with Crippen molar-refractivity contribution in [3.63, 3.8) is 0 Å². The second-order valence-electron chi connectivity index (χ2n) is 6.23. The highest BCUT2D eigenvalue weighted by molar-refractivity contribution is 6.36. The van der Waals surface area contributed by atoms with Gasteiger partial charge in [0.25, 0.3) is 0 Å². The number of rotatable bonds is 4. The van der Waals surface area contributed by atoms with E-state index in [9.17, 15) is 0 Å². The van der Waals surface area contributed by atoms with Crippen molar-refractivity contribution in [2.24, 2.45) is 0 Å². The average Bonchev–Trinajstić information content (AvgIpc) is 3.20. The van der Waals surface area contributed by atoms with E-state index < -0.39 is 0 Å². The third-order valence-corrected chi connectivity index (χ3v) is 4.82. The summed E-state index contributed by atoms with van der Waals surface area (Å²) in [6.07, 6.45) is 7.77. The van der Waals surface area contributed by atoms with E-state index in [1.807, 2.05) is 24.0 Å². The van der Waals surface area contributed by atoms with Gasteiger partial charge in [-0.05, 0) is 26.3 Å². The van der Waals surface area contributed by atoms with E-state index in [0.29, 0.717) is 28.2 Å². The molecule has 0 unspecified atom stereocenters. The summed E-state index contributed by atoms with van der Waals surface area (Å²) in [5.74, 6) is 0.823. The molecule has 9 heteroatoms. The monoisotopic (exact) mass is 360 g/mol. The zero-order valence-electron chi connectivity index (χ0n) is 14.0. The van der Waals surface area contributed by atoms with Crippen molar-refractivity contribution in [1.29, 1.82) is 0 Å². The molecule has 25 heavy (non-hydrogen) atoms. The van der Waals surface area contributed by atoms with E-state index >= 15 is 0 Å². The number of nitrogens with zero attached hydrogens (tertiary/aromatic N) is 5. The molecule has 1 fully saturated rings. The fourth-order valence-electron chi connectivity index (χ4n) is 3.26. The van der Waals surface area contributed by atoms with Gasteiger partial charge in [-0.3, -0.25) is 4.68 Å². The molecule has 0 bridgehead atoms. The quantitative estimate of drug-likeness (QED) is 0.661. The Balaban J connectivity index is 1.73. The molecule has 4 rings (SSSR count). The number of piperidine rings is 1. The lowest BCUT2D eigenvalue weighted by Gasteiger charge is -2.24. The predicted octanol–water partition coefficient (Wildman–Crippen LogP) is 2.55. The summed E-state index contributed by atoms with van der Waals surface area (Å²) in [7, 11) is 0. The van der Waals surface area contributed by atoms with E-state index in [4.69, 9.17) is 17.3 Å². The zero-order valence-corrected chi connectivity index (χ0v) is 14.8. The highest BCUT2D eigenvalue weighted by atomic mass is 35.5. The summed E-state index contributed by atoms with van der Waals surface area (Å²) in [6, 6.07) is 0.314. The van der Waals surface area contributed by atoms with Crippen LogP contribution >= 0.6 is 11.6 Å². The van der Waals surface area contributed by atoms with Gasteiger partial charge in [-0.15, -0.1) is 0 Å². The lowest BCUT2D eigenvalue weighted by Crippen LogP contribution is -2.31. The van der Waals surface area contributed by atoms with Gasteiger partial charge < -0.3 is 20.9 Å². The second-order valence-corrected chi connectivity index (χ2v) is 6.63. The van der Waals surface area contributed by atoms with Crippen LogP contribution in [0.25, 0.3) is 11.0 Å². The Kier molecular flexibility index (Phi) is 4.22. The maximum Gasteiger partial charge on any atom is 0.231 e. The van der Waals surface area contributed by atoms with Gasteiger partial charge in [0, 0.05) is 31.5 Å². The molecule has 4 N–H and O–H groups in total. The van der Waals surface area contributed by atoms with Crippen LogP contribution in [0.2, 0.25) is 5.02 Å². The van der Waals surface area contributed by atoms with Crippen LogP contribution in [0.4, 0.5) is 17.5 Å². The van der Waals surface area contributed by atoms with Crippen LogP contribution in [-0.2, 0) is 6.54 Å². The number of anilines is 3. The maximum absolute atomic E-state index is 6.40. The number of hydrogen-bond acceptors (Lipinski definition) is 6. The molecule has 0 amide bonds. The zero-order chi connectivity index (χ0) is 17.4. The predicted molar refractivity (Wildman–Crippen MR) is 99.3 cm³/mol. The van der Waals surface area contributed by atoms with E-state index in [1.54, 1.807) is 6.20 Å². The van der Waals surface area contributed by atoms with Gasteiger partial charge in [0.15, 0.2) is 0 Å².